The fourth-order valence-corrected chi connectivity index (χ4v) is 2.70. The predicted octanol–water partition coefficient (Wildman–Crippen LogP) is 3.05. The highest BCUT2D eigenvalue weighted by Crippen LogP contribution is 2.48. The Morgan fingerprint density at radius 2 is 1.92 bits per heavy atom. The summed E-state index contributed by atoms with van der Waals surface area (Å²) < 4.78 is 5.49. The number of methoxy groups -OCH3 is 1. The molecule has 2 heteroatoms. The second-order valence-electron chi connectivity index (χ2n) is 3.56. The molecule has 1 atom stereocenters. The van der Waals surface area contributed by atoms with E-state index in [9.17, 15) is 0 Å². The summed E-state index contributed by atoms with van der Waals surface area (Å²) in [6.07, 6.45) is 1.30. The van der Waals surface area contributed by atoms with E-state index in [2.05, 4.69) is 19.1 Å². The highest BCUT2D eigenvalue weighted by molar-refractivity contribution is 8.01. The minimum atomic E-state index is 0.367. The Morgan fingerprint density at radius 1 is 1.31 bits per heavy atom. The first-order valence-electron chi connectivity index (χ1n) is 4.53. The normalized spacial score (nSPS) is 26.6. The highest BCUT2D eigenvalue weighted by atomic mass is 32.2. The van der Waals surface area contributed by atoms with Crippen molar-refractivity contribution in [1.82, 2.24) is 0 Å². The average molecular weight is 194 g/mol. The smallest absolute Gasteiger partial charge is 0.118 e. The van der Waals surface area contributed by atoms with E-state index in [1.54, 1.807) is 7.11 Å². The number of benzene rings is 1. The van der Waals surface area contributed by atoms with Crippen LogP contribution in [0.1, 0.15) is 18.9 Å². The molecule has 1 nitrogen and oxygen atoms in total. The lowest BCUT2D eigenvalue weighted by atomic mass is 9.96. The van der Waals surface area contributed by atoms with Crippen molar-refractivity contribution in [3.05, 3.63) is 29.8 Å². The van der Waals surface area contributed by atoms with Gasteiger partial charge in [-0.05, 0) is 36.8 Å². The molecule has 1 heterocycles. The molecule has 70 valence electrons. The van der Waals surface area contributed by atoms with Crippen molar-refractivity contribution in [3.8, 4) is 5.75 Å². The summed E-state index contributed by atoms with van der Waals surface area (Å²) in [4.78, 5) is 0. The summed E-state index contributed by atoms with van der Waals surface area (Å²) in [6.45, 7) is 2.31. The van der Waals surface area contributed by atoms with Crippen LogP contribution < -0.4 is 4.74 Å². The second-order valence-corrected chi connectivity index (χ2v) is 5.16. The van der Waals surface area contributed by atoms with Crippen molar-refractivity contribution in [2.45, 2.75) is 18.1 Å². The van der Waals surface area contributed by atoms with Crippen molar-refractivity contribution in [1.29, 1.82) is 0 Å². The third-order valence-electron chi connectivity index (χ3n) is 2.70. The van der Waals surface area contributed by atoms with Gasteiger partial charge in [0.1, 0.15) is 5.75 Å². The van der Waals surface area contributed by atoms with Crippen LogP contribution in [0.4, 0.5) is 0 Å². The van der Waals surface area contributed by atoms with Crippen LogP contribution in [0.5, 0.6) is 5.75 Å². The number of thioether (sulfide) groups is 1. The van der Waals surface area contributed by atoms with Gasteiger partial charge in [0.2, 0.25) is 0 Å². The lowest BCUT2D eigenvalue weighted by molar-refractivity contribution is 0.414. The molecular weight excluding hydrogens is 180 g/mol. The Bertz CT molecular complexity index is 287. The molecule has 0 aliphatic carbocycles. The second kappa shape index (κ2) is 3.26. The van der Waals surface area contributed by atoms with Crippen LogP contribution in [0, 0.1) is 0 Å². The molecule has 2 rings (SSSR count). The van der Waals surface area contributed by atoms with Gasteiger partial charge in [-0.3, -0.25) is 0 Å². The molecule has 1 aliphatic rings. The lowest BCUT2D eigenvalue weighted by Gasteiger charge is -2.38. The van der Waals surface area contributed by atoms with E-state index >= 15 is 0 Å². The number of rotatable bonds is 2. The maximum Gasteiger partial charge on any atom is 0.118 e. The van der Waals surface area contributed by atoms with E-state index in [0.29, 0.717) is 4.75 Å². The Morgan fingerprint density at radius 3 is 2.31 bits per heavy atom. The molecule has 0 saturated carbocycles. The van der Waals surface area contributed by atoms with Crippen molar-refractivity contribution >= 4 is 11.8 Å². The van der Waals surface area contributed by atoms with Crippen LogP contribution in [0.2, 0.25) is 0 Å². The molecule has 1 aromatic carbocycles. The highest BCUT2D eigenvalue weighted by Gasteiger charge is 2.34. The van der Waals surface area contributed by atoms with E-state index in [0.717, 1.165) is 5.75 Å². The van der Waals surface area contributed by atoms with Gasteiger partial charge >= 0.3 is 0 Å². The van der Waals surface area contributed by atoms with Crippen LogP contribution in [0.25, 0.3) is 0 Å². The number of hydrogen-bond donors (Lipinski definition) is 0. The first-order chi connectivity index (χ1) is 6.24. The Balaban J connectivity index is 2.22. The summed E-state index contributed by atoms with van der Waals surface area (Å²) in [5.41, 5.74) is 1.42. The Labute approximate surface area is 83.5 Å². The molecular formula is C11H14OS. The summed E-state index contributed by atoms with van der Waals surface area (Å²) in [7, 11) is 1.70. The quantitative estimate of drug-likeness (QED) is 0.715. The minimum absolute atomic E-state index is 0.367. The summed E-state index contributed by atoms with van der Waals surface area (Å²) in [5, 5.41) is 0. The SMILES string of the molecule is COc1ccc(C2(C)CCS2)cc1. The fraction of sp³-hybridized carbons (Fsp3) is 0.455. The first-order valence-corrected chi connectivity index (χ1v) is 5.52. The van der Waals surface area contributed by atoms with Crippen molar-refractivity contribution in [2.75, 3.05) is 12.9 Å². The molecule has 13 heavy (non-hydrogen) atoms. The Kier molecular flexibility index (Phi) is 2.24. The number of hydrogen-bond acceptors (Lipinski definition) is 2. The maximum absolute atomic E-state index is 5.13. The van der Waals surface area contributed by atoms with Gasteiger partial charge in [-0.15, -0.1) is 0 Å². The van der Waals surface area contributed by atoms with E-state index in [4.69, 9.17) is 4.74 Å². The molecule has 0 spiro atoms. The molecule has 1 aliphatic heterocycles. The zero-order chi connectivity index (χ0) is 9.31. The summed E-state index contributed by atoms with van der Waals surface area (Å²) >= 11 is 2.03. The van der Waals surface area contributed by atoms with E-state index in [-0.39, 0.29) is 0 Å². The topological polar surface area (TPSA) is 9.23 Å². The molecule has 1 saturated heterocycles. The molecule has 0 amide bonds. The summed E-state index contributed by atoms with van der Waals surface area (Å²) in [6, 6.07) is 8.43. The largest absolute Gasteiger partial charge is 0.497 e. The van der Waals surface area contributed by atoms with Gasteiger partial charge in [0.25, 0.3) is 0 Å². The van der Waals surface area contributed by atoms with Gasteiger partial charge in [-0.2, -0.15) is 11.8 Å². The third kappa shape index (κ3) is 1.55. The van der Waals surface area contributed by atoms with Gasteiger partial charge in [0.05, 0.1) is 7.11 Å². The minimum Gasteiger partial charge on any atom is -0.497 e. The van der Waals surface area contributed by atoms with E-state index in [1.165, 1.54) is 17.7 Å². The van der Waals surface area contributed by atoms with Gasteiger partial charge in [0.15, 0.2) is 0 Å². The molecule has 0 N–H and O–H groups in total. The van der Waals surface area contributed by atoms with E-state index < -0.39 is 0 Å². The standard InChI is InChI=1S/C11H14OS/c1-11(7-8-13-11)9-3-5-10(12-2)6-4-9/h3-6H,7-8H2,1-2H3. The molecule has 0 radical (unpaired) electrons. The van der Waals surface area contributed by atoms with Gasteiger partial charge < -0.3 is 4.74 Å². The zero-order valence-corrected chi connectivity index (χ0v) is 8.86. The fourth-order valence-electron chi connectivity index (χ4n) is 1.58. The third-order valence-corrected chi connectivity index (χ3v) is 4.19. The van der Waals surface area contributed by atoms with Gasteiger partial charge in [-0.1, -0.05) is 12.1 Å². The lowest BCUT2D eigenvalue weighted by Crippen LogP contribution is -2.27. The van der Waals surface area contributed by atoms with Crippen molar-refractivity contribution in [2.24, 2.45) is 0 Å². The average Bonchev–Trinajstić information content (AvgIpc) is 2.14. The first kappa shape index (κ1) is 8.95. The van der Waals surface area contributed by atoms with Gasteiger partial charge in [0, 0.05) is 4.75 Å². The van der Waals surface area contributed by atoms with Gasteiger partial charge in [-0.25, -0.2) is 0 Å². The predicted molar refractivity (Wildman–Crippen MR) is 57.4 cm³/mol. The molecule has 0 bridgehead atoms. The van der Waals surface area contributed by atoms with Crippen molar-refractivity contribution < 1.29 is 4.74 Å². The molecule has 1 unspecified atom stereocenters. The Hall–Kier alpha value is -0.630. The van der Waals surface area contributed by atoms with Crippen LogP contribution >= 0.6 is 11.8 Å². The molecule has 1 aromatic rings. The number of ether oxygens (including phenoxy) is 1. The van der Waals surface area contributed by atoms with Crippen LogP contribution in [-0.2, 0) is 4.75 Å². The monoisotopic (exact) mass is 194 g/mol. The van der Waals surface area contributed by atoms with Crippen molar-refractivity contribution in [3.63, 3.8) is 0 Å². The van der Waals surface area contributed by atoms with Crippen LogP contribution in [-0.4, -0.2) is 12.9 Å². The maximum atomic E-state index is 5.13. The van der Waals surface area contributed by atoms with E-state index in [1.807, 2.05) is 23.9 Å². The zero-order valence-electron chi connectivity index (χ0n) is 8.04. The summed E-state index contributed by atoms with van der Waals surface area (Å²) in [5.74, 6) is 2.24. The van der Waals surface area contributed by atoms with Crippen LogP contribution in [0.3, 0.4) is 0 Å². The van der Waals surface area contributed by atoms with Crippen LogP contribution in [0.15, 0.2) is 24.3 Å². The molecule has 0 aromatic heterocycles. The molecule has 1 fully saturated rings.